The van der Waals surface area contributed by atoms with Gasteiger partial charge in [-0.1, -0.05) is 20.3 Å². The van der Waals surface area contributed by atoms with Crippen molar-refractivity contribution in [3.63, 3.8) is 0 Å². The third-order valence-electron chi connectivity index (χ3n) is 3.97. The first-order valence-electron chi connectivity index (χ1n) is 8.09. The number of nitrogens with zero attached hydrogens (tertiary/aromatic N) is 1. The minimum atomic E-state index is -1.00. The second kappa shape index (κ2) is 7.66. The van der Waals surface area contributed by atoms with Crippen molar-refractivity contribution < 1.29 is 24.2 Å². The van der Waals surface area contributed by atoms with E-state index in [2.05, 4.69) is 5.32 Å². The van der Waals surface area contributed by atoms with Crippen molar-refractivity contribution in [2.75, 3.05) is 6.54 Å². The van der Waals surface area contributed by atoms with E-state index in [0.717, 1.165) is 0 Å². The van der Waals surface area contributed by atoms with E-state index >= 15 is 0 Å². The largest absolute Gasteiger partial charge is 0.480 e. The predicted molar refractivity (Wildman–Crippen MR) is 85.0 cm³/mol. The minimum Gasteiger partial charge on any atom is -0.480 e. The lowest BCUT2D eigenvalue weighted by molar-refractivity contribution is -0.149. The quantitative estimate of drug-likeness (QED) is 0.805. The minimum absolute atomic E-state index is 0.120. The molecule has 1 unspecified atom stereocenters. The van der Waals surface area contributed by atoms with Gasteiger partial charge in [0.15, 0.2) is 0 Å². The van der Waals surface area contributed by atoms with E-state index in [1.807, 2.05) is 13.8 Å². The Balaban J connectivity index is 2.87. The third-order valence-corrected chi connectivity index (χ3v) is 3.97. The fraction of sp³-hybridized carbons (Fsp3) is 0.812. The Kier molecular flexibility index (Phi) is 6.41. The van der Waals surface area contributed by atoms with E-state index in [9.17, 15) is 19.5 Å². The van der Waals surface area contributed by atoms with Crippen LogP contribution in [-0.4, -0.2) is 52.2 Å². The van der Waals surface area contributed by atoms with Crippen LogP contribution in [-0.2, 0) is 14.3 Å². The molecular formula is C16H28N2O5. The number of hydrogen-bond donors (Lipinski definition) is 2. The fourth-order valence-electron chi connectivity index (χ4n) is 2.58. The average Bonchev–Trinajstić information content (AvgIpc) is 2.90. The molecule has 7 nitrogen and oxygen atoms in total. The summed E-state index contributed by atoms with van der Waals surface area (Å²) >= 11 is 0. The van der Waals surface area contributed by atoms with Gasteiger partial charge < -0.3 is 20.1 Å². The smallest absolute Gasteiger partial charge is 0.408 e. The summed E-state index contributed by atoms with van der Waals surface area (Å²) in [5.74, 6) is -1.48. The normalized spacial score (nSPS) is 20.7. The molecule has 0 aromatic rings. The van der Waals surface area contributed by atoms with Crippen LogP contribution in [0.1, 0.15) is 53.9 Å². The fourth-order valence-corrected chi connectivity index (χ4v) is 2.58. The lowest BCUT2D eigenvalue weighted by atomic mass is 9.97. The van der Waals surface area contributed by atoms with Gasteiger partial charge in [-0.2, -0.15) is 0 Å². The van der Waals surface area contributed by atoms with Crippen molar-refractivity contribution in [3.8, 4) is 0 Å². The van der Waals surface area contributed by atoms with Crippen molar-refractivity contribution >= 4 is 18.0 Å². The third kappa shape index (κ3) is 5.41. The Hall–Kier alpha value is -1.79. The standard InChI is InChI=1S/C16H28N2O5/c1-6-10(2)12(17-15(22)23-16(3,4)5)13(19)18-9-7-8-11(18)14(20)21/h10-12H,6-9H2,1-5H3,(H,17,22)(H,20,21)/t10?,11-,12-/m0/s1. The number of alkyl carbamates (subject to hydrolysis) is 1. The first-order valence-corrected chi connectivity index (χ1v) is 8.09. The topological polar surface area (TPSA) is 95.9 Å². The molecule has 1 aliphatic rings. The summed E-state index contributed by atoms with van der Waals surface area (Å²) < 4.78 is 5.21. The molecule has 0 spiro atoms. The highest BCUT2D eigenvalue weighted by atomic mass is 16.6. The molecule has 1 aliphatic heterocycles. The molecule has 1 saturated heterocycles. The molecule has 2 N–H and O–H groups in total. The molecule has 1 rings (SSSR count). The van der Waals surface area contributed by atoms with Crippen molar-refractivity contribution in [1.29, 1.82) is 0 Å². The Bertz CT molecular complexity index is 458. The van der Waals surface area contributed by atoms with E-state index in [-0.39, 0.29) is 11.8 Å². The molecule has 7 heteroatoms. The van der Waals surface area contributed by atoms with E-state index in [1.54, 1.807) is 20.8 Å². The highest BCUT2D eigenvalue weighted by Gasteiger charge is 2.39. The number of amides is 2. The van der Waals surface area contributed by atoms with Crippen LogP contribution >= 0.6 is 0 Å². The molecule has 132 valence electrons. The van der Waals surface area contributed by atoms with Gasteiger partial charge in [0.05, 0.1) is 0 Å². The number of carboxylic acids is 1. The van der Waals surface area contributed by atoms with Gasteiger partial charge in [-0.25, -0.2) is 9.59 Å². The van der Waals surface area contributed by atoms with Gasteiger partial charge in [0.2, 0.25) is 5.91 Å². The van der Waals surface area contributed by atoms with Gasteiger partial charge in [-0.15, -0.1) is 0 Å². The number of rotatable bonds is 5. The zero-order valence-electron chi connectivity index (χ0n) is 14.6. The molecule has 1 heterocycles. The Morgan fingerprint density at radius 3 is 2.43 bits per heavy atom. The van der Waals surface area contributed by atoms with Crippen LogP contribution in [0.3, 0.4) is 0 Å². The van der Waals surface area contributed by atoms with Gasteiger partial charge in [-0.05, 0) is 39.5 Å². The molecule has 3 atom stereocenters. The molecule has 1 fully saturated rings. The molecular weight excluding hydrogens is 300 g/mol. The van der Waals surface area contributed by atoms with Crippen molar-refractivity contribution in [2.24, 2.45) is 5.92 Å². The van der Waals surface area contributed by atoms with E-state index < -0.39 is 29.7 Å². The van der Waals surface area contributed by atoms with Crippen LogP contribution in [0, 0.1) is 5.92 Å². The second-order valence-electron chi connectivity index (χ2n) is 7.04. The van der Waals surface area contributed by atoms with Gasteiger partial charge in [-0.3, -0.25) is 4.79 Å². The van der Waals surface area contributed by atoms with E-state index in [1.165, 1.54) is 4.90 Å². The summed E-state index contributed by atoms with van der Waals surface area (Å²) in [4.78, 5) is 37.4. The maximum atomic E-state index is 12.8. The first kappa shape index (κ1) is 19.3. The maximum absolute atomic E-state index is 12.8. The lowest BCUT2D eigenvalue weighted by Gasteiger charge is -2.31. The van der Waals surface area contributed by atoms with E-state index in [0.29, 0.717) is 25.8 Å². The van der Waals surface area contributed by atoms with Crippen LogP contribution in [0.15, 0.2) is 0 Å². The predicted octanol–water partition coefficient (Wildman–Crippen LogP) is 2.00. The number of likely N-dealkylation sites (tertiary alicyclic amines) is 1. The highest BCUT2D eigenvalue weighted by Crippen LogP contribution is 2.21. The van der Waals surface area contributed by atoms with Gasteiger partial charge in [0.25, 0.3) is 0 Å². The molecule has 0 aromatic heterocycles. The summed E-state index contributed by atoms with van der Waals surface area (Å²) in [5, 5.41) is 11.9. The lowest BCUT2D eigenvalue weighted by Crippen LogP contribution is -2.54. The monoisotopic (exact) mass is 328 g/mol. The molecule has 0 saturated carbocycles. The number of carbonyl (C=O) groups is 3. The highest BCUT2D eigenvalue weighted by molar-refractivity contribution is 5.90. The number of nitrogens with one attached hydrogen (secondary N) is 1. The number of carboxylic acid groups (broad SMARTS) is 1. The molecule has 23 heavy (non-hydrogen) atoms. The molecule has 2 amide bonds. The zero-order chi connectivity index (χ0) is 17.8. The molecule has 0 aromatic carbocycles. The maximum Gasteiger partial charge on any atom is 0.408 e. The van der Waals surface area contributed by atoms with Crippen LogP contribution in [0.5, 0.6) is 0 Å². The SMILES string of the molecule is CCC(C)[C@H](NC(=O)OC(C)(C)C)C(=O)N1CCC[C@H]1C(=O)O. The van der Waals surface area contributed by atoms with Crippen LogP contribution in [0.25, 0.3) is 0 Å². The Labute approximate surface area is 137 Å². The zero-order valence-corrected chi connectivity index (χ0v) is 14.6. The summed E-state index contributed by atoms with van der Waals surface area (Å²) in [5.41, 5.74) is -0.662. The van der Waals surface area contributed by atoms with Crippen LogP contribution < -0.4 is 5.32 Å². The summed E-state index contributed by atoms with van der Waals surface area (Å²) in [6.07, 6.45) is 1.11. The van der Waals surface area contributed by atoms with Crippen molar-refractivity contribution in [2.45, 2.75) is 71.6 Å². The Morgan fingerprint density at radius 1 is 1.35 bits per heavy atom. The van der Waals surface area contributed by atoms with Crippen molar-refractivity contribution in [1.82, 2.24) is 10.2 Å². The van der Waals surface area contributed by atoms with Gasteiger partial charge in [0, 0.05) is 6.54 Å². The van der Waals surface area contributed by atoms with Crippen LogP contribution in [0.2, 0.25) is 0 Å². The number of ether oxygens (including phenoxy) is 1. The number of hydrogen-bond acceptors (Lipinski definition) is 4. The van der Waals surface area contributed by atoms with Gasteiger partial charge in [0.1, 0.15) is 17.7 Å². The van der Waals surface area contributed by atoms with Crippen molar-refractivity contribution in [3.05, 3.63) is 0 Å². The number of carbonyl (C=O) groups excluding carboxylic acids is 2. The number of aliphatic carboxylic acids is 1. The summed E-state index contributed by atoms with van der Waals surface area (Å²) in [6, 6.07) is -1.59. The molecule has 0 aliphatic carbocycles. The second-order valence-corrected chi connectivity index (χ2v) is 7.04. The average molecular weight is 328 g/mol. The van der Waals surface area contributed by atoms with E-state index in [4.69, 9.17) is 4.74 Å². The van der Waals surface area contributed by atoms with Crippen LogP contribution in [0.4, 0.5) is 4.79 Å². The van der Waals surface area contributed by atoms with Gasteiger partial charge >= 0.3 is 12.1 Å². The summed E-state index contributed by atoms with van der Waals surface area (Å²) in [7, 11) is 0. The Morgan fingerprint density at radius 2 is 1.96 bits per heavy atom. The molecule has 0 radical (unpaired) electrons. The summed E-state index contributed by atoms with van der Waals surface area (Å²) in [6.45, 7) is 9.40. The molecule has 0 bridgehead atoms. The first-order chi connectivity index (χ1) is 10.6.